The minimum absolute atomic E-state index is 0.174. The van der Waals surface area contributed by atoms with Crippen LogP contribution in [-0.4, -0.2) is 12.7 Å². The van der Waals surface area contributed by atoms with Gasteiger partial charge in [-0.15, -0.1) is 0 Å². The summed E-state index contributed by atoms with van der Waals surface area (Å²) >= 11 is 0. The van der Waals surface area contributed by atoms with E-state index in [2.05, 4.69) is 6.58 Å². The van der Waals surface area contributed by atoms with Crippen molar-refractivity contribution in [2.24, 2.45) is 5.73 Å². The van der Waals surface area contributed by atoms with E-state index < -0.39 is 12.7 Å². The van der Waals surface area contributed by atoms with Gasteiger partial charge in [0.25, 0.3) is 0 Å². The van der Waals surface area contributed by atoms with Gasteiger partial charge in [0.15, 0.2) is 0 Å². The molecule has 9 heavy (non-hydrogen) atoms. The Labute approximate surface area is 50.5 Å². The van der Waals surface area contributed by atoms with Gasteiger partial charge >= 0.3 is 6.18 Å². The number of hydrogen-bond donors (Lipinski definition) is 2. The molecule has 0 aliphatic heterocycles. The molecule has 0 amide bonds. The quantitative estimate of drug-likeness (QED) is 0.588. The average Bonchev–Trinajstić information content (AvgIpc) is 1.59. The van der Waals surface area contributed by atoms with Gasteiger partial charge in [-0.05, 0) is 0 Å². The van der Waals surface area contributed by atoms with E-state index in [4.69, 9.17) is 5.73 Å². The summed E-state index contributed by atoms with van der Waals surface area (Å²) in [6.45, 7) is 1.90. The Morgan fingerprint density at radius 3 is 2.11 bits per heavy atom. The Kier molecular flexibility index (Phi) is 2.36. The summed E-state index contributed by atoms with van der Waals surface area (Å²) in [7, 11) is 0. The number of halogens is 3. The molecule has 0 saturated heterocycles. The number of nitrogens with one attached hydrogen (secondary N) is 1. The Morgan fingerprint density at radius 1 is 1.56 bits per heavy atom. The van der Waals surface area contributed by atoms with Crippen LogP contribution in [0.5, 0.6) is 0 Å². The molecule has 0 aromatic carbocycles. The molecule has 0 rings (SSSR count). The van der Waals surface area contributed by atoms with Gasteiger partial charge in [-0.2, -0.15) is 13.2 Å². The van der Waals surface area contributed by atoms with E-state index >= 15 is 0 Å². The van der Waals surface area contributed by atoms with E-state index in [1.165, 1.54) is 0 Å². The second kappa shape index (κ2) is 2.61. The third-order valence-electron chi connectivity index (χ3n) is 0.516. The summed E-state index contributed by atoms with van der Waals surface area (Å²) < 4.78 is 33.8. The lowest BCUT2D eigenvalue weighted by atomic mass is 10.6. The average molecular weight is 140 g/mol. The largest absolute Gasteiger partial charge is 0.405 e. The lowest BCUT2D eigenvalue weighted by molar-refractivity contribution is -0.123. The molecule has 0 heterocycles. The summed E-state index contributed by atoms with van der Waals surface area (Å²) in [5.41, 5.74) is 4.79. The van der Waals surface area contributed by atoms with Crippen molar-refractivity contribution >= 4 is 0 Å². The first-order chi connectivity index (χ1) is 3.92. The van der Waals surface area contributed by atoms with Crippen LogP contribution in [0, 0.1) is 0 Å². The van der Waals surface area contributed by atoms with Crippen LogP contribution in [0.25, 0.3) is 0 Å². The molecule has 5 heteroatoms. The molecule has 0 aromatic heterocycles. The molecule has 54 valence electrons. The molecule has 0 atom stereocenters. The second-order valence-corrected chi connectivity index (χ2v) is 1.49. The standard InChI is InChI=1S/C4H7F3N2/c1-3(8)9-2-4(5,6)7/h9H,1-2,8H2. The molecule has 3 N–H and O–H groups in total. The molecular formula is C4H7F3N2. The maximum atomic E-state index is 11.3. The van der Waals surface area contributed by atoms with Gasteiger partial charge in [-0.25, -0.2) is 0 Å². The lowest BCUT2D eigenvalue weighted by Crippen LogP contribution is -2.30. The summed E-state index contributed by atoms with van der Waals surface area (Å²) in [5.74, 6) is -0.174. The second-order valence-electron chi connectivity index (χ2n) is 1.49. The number of nitrogens with two attached hydrogens (primary N) is 1. The Balaban J connectivity index is 3.39. The smallest absolute Gasteiger partial charge is 0.386 e. The van der Waals surface area contributed by atoms with Crippen LogP contribution >= 0.6 is 0 Å². The minimum atomic E-state index is -4.22. The first kappa shape index (κ1) is 8.13. The number of alkyl halides is 3. The van der Waals surface area contributed by atoms with Gasteiger partial charge in [-0.3, -0.25) is 0 Å². The molecule has 0 radical (unpaired) electrons. The predicted molar refractivity (Wildman–Crippen MR) is 27.4 cm³/mol. The molecule has 0 saturated carbocycles. The van der Waals surface area contributed by atoms with Crippen molar-refractivity contribution in [2.75, 3.05) is 6.54 Å². The van der Waals surface area contributed by atoms with Crippen LogP contribution < -0.4 is 11.1 Å². The van der Waals surface area contributed by atoms with E-state index in [0.29, 0.717) is 0 Å². The van der Waals surface area contributed by atoms with Crippen molar-refractivity contribution < 1.29 is 13.2 Å². The maximum Gasteiger partial charge on any atom is 0.405 e. The highest BCUT2D eigenvalue weighted by molar-refractivity contribution is 4.82. The zero-order valence-electron chi connectivity index (χ0n) is 4.63. The van der Waals surface area contributed by atoms with Gasteiger partial charge in [0.1, 0.15) is 6.54 Å². The molecule has 0 spiro atoms. The fourth-order valence-corrected chi connectivity index (χ4v) is 0.214. The topological polar surface area (TPSA) is 38.0 Å². The highest BCUT2D eigenvalue weighted by Crippen LogP contribution is 2.12. The van der Waals surface area contributed by atoms with Crippen LogP contribution in [0.3, 0.4) is 0 Å². The monoisotopic (exact) mass is 140 g/mol. The van der Waals surface area contributed by atoms with E-state index in [9.17, 15) is 13.2 Å². The van der Waals surface area contributed by atoms with Gasteiger partial charge < -0.3 is 11.1 Å². The fraction of sp³-hybridized carbons (Fsp3) is 0.500. The predicted octanol–water partition coefficient (Wildman–Crippen LogP) is 0.568. The van der Waals surface area contributed by atoms with Gasteiger partial charge in [-0.1, -0.05) is 6.58 Å². The van der Waals surface area contributed by atoms with Gasteiger partial charge in [0.05, 0.1) is 5.82 Å². The van der Waals surface area contributed by atoms with Gasteiger partial charge in [0, 0.05) is 0 Å². The summed E-state index contributed by atoms with van der Waals surface area (Å²) in [5, 5.41) is 1.84. The lowest BCUT2D eigenvalue weighted by Gasteiger charge is -2.07. The Bertz CT molecular complexity index is 107. The zero-order valence-corrected chi connectivity index (χ0v) is 4.63. The van der Waals surface area contributed by atoms with Crippen LogP contribution in [0.15, 0.2) is 12.4 Å². The molecule has 0 unspecified atom stereocenters. The zero-order chi connectivity index (χ0) is 7.49. The van der Waals surface area contributed by atoms with Crippen molar-refractivity contribution in [3.63, 3.8) is 0 Å². The van der Waals surface area contributed by atoms with Crippen molar-refractivity contribution in [3.05, 3.63) is 12.4 Å². The van der Waals surface area contributed by atoms with Crippen molar-refractivity contribution in [1.29, 1.82) is 0 Å². The molecule has 0 aliphatic rings. The molecule has 0 aromatic rings. The normalized spacial score (nSPS) is 11.0. The van der Waals surface area contributed by atoms with E-state index in [0.717, 1.165) is 0 Å². The highest BCUT2D eigenvalue weighted by Gasteiger charge is 2.26. The first-order valence-corrected chi connectivity index (χ1v) is 2.17. The molecule has 0 aliphatic carbocycles. The van der Waals surface area contributed by atoms with Crippen LogP contribution in [-0.2, 0) is 0 Å². The van der Waals surface area contributed by atoms with Crippen LogP contribution in [0.2, 0.25) is 0 Å². The summed E-state index contributed by atoms with van der Waals surface area (Å²) in [6, 6.07) is 0. The highest BCUT2D eigenvalue weighted by atomic mass is 19.4. The van der Waals surface area contributed by atoms with Gasteiger partial charge in [0.2, 0.25) is 0 Å². The van der Waals surface area contributed by atoms with Crippen LogP contribution in [0.4, 0.5) is 13.2 Å². The molecule has 2 nitrogen and oxygen atoms in total. The summed E-state index contributed by atoms with van der Waals surface area (Å²) in [4.78, 5) is 0. The molecule has 0 fully saturated rings. The molecular weight excluding hydrogens is 133 g/mol. The van der Waals surface area contributed by atoms with Crippen molar-refractivity contribution in [2.45, 2.75) is 6.18 Å². The van der Waals surface area contributed by atoms with Crippen molar-refractivity contribution in [3.8, 4) is 0 Å². The molecule has 0 bridgehead atoms. The fourth-order valence-electron chi connectivity index (χ4n) is 0.214. The minimum Gasteiger partial charge on any atom is -0.386 e. The van der Waals surface area contributed by atoms with E-state index in [-0.39, 0.29) is 5.82 Å². The Hall–Kier alpha value is -0.870. The third kappa shape index (κ3) is 7.13. The first-order valence-electron chi connectivity index (χ1n) is 2.17. The van der Waals surface area contributed by atoms with E-state index in [1.807, 2.05) is 5.32 Å². The maximum absolute atomic E-state index is 11.3. The van der Waals surface area contributed by atoms with E-state index in [1.54, 1.807) is 0 Å². The Morgan fingerprint density at radius 2 is 2.00 bits per heavy atom. The van der Waals surface area contributed by atoms with Crippen molar-refractivity contribution in [1.82, 2.24) is 5.32 Å². The summed E-state index contributed by atoms with van der Waals surface area (Å²) in [6.07, 6.45) is -4.22. The SMILES string of the molecule is C=C(N)NCC(F)(F)F. The number of rotatable bonds is 2. The number of hydrogen-bond acceptors (Lipinski definition) is 2. The van der Waals surface area contributed by atoms with Crippen LogP contribution in [0.1, 0.15) is 0 Å². The third-order valence-corrected chi connectivity index (χ3v) is 0.516.